The molecule has 0 saturated carbocycles. The molecule has 2 amide bonds. The maximum absolute atomic E-state index is 14.2. The smallest absolute Gasteiger partial charge is 0.326 e. The minimum absolute atomic E-state index is 0.0160. The maximum Gasteiger partial charge on any atom is 0.326 e. The molecule has 418 valence electrons. The summed E-state index contributed by atoms with van der Waals surface area (Å²) in [6.45, 7) is 15.8. The predicted octanol–water partition coefficient (Wildman–Crippen LogP) is 9.83. The number of esters is 2. The summed E-state index contributed by atoms with van der Waals surface area (Å²) in [7, 11) is 0. The molecular weight excluding hydrogens is 993 g/mol. The number of carbonyl (C=O) groups is 7. The Hall–Kier alpha value is -7.11. The first-order chi connectivity index (χ1) is 36.3. The van der Waals surface area contributed by atoms with Crippen molar-refractivity contribution in [1.29, 1.82) is 0 Å². The lowest BCUT2D eigenvalue weighted by atomic mass is 9.83. The van der Waals surface area contributed by atoms with Crippen LogP contribution in [0.1, 0.15) is 188 Å². The number of benzene rings is 2. The second-order valence-electron chi connectivity index (χ2n) is 21.9. The second kappa shape index (κ2) is 25.4. The second-order valence-corrected chi connectivity index (χ2v) is 21.9. The molecule has 0 aromatic heterocycles. The number of aliphatic carboxylic acids is 3. The Bertz CT molecular complexity index is 2760. The van der Waals surface area contributed by atoms with E-state index in [1.54, 1.807) is 13.8 Å². The van der Waals surface area contributed by atoms with E-state index in [4.69, 9.17) is 18.9 Å². The third kappa shape index (κ3) is 14.7. The summed E-state index contributed by atoms with van der Waals surface area (Å²) in [6.07, 6.45) is 10.4. The molecule has 0 saturated heterocycles. The van der Waals surface area contributed by atoms with E-state index in [9.17, 15) is 59.1 Å². The summed E-state index contributed by atoms with van der Waals surface area (Å²) in [5, 5.41) is 51.8. The molecule has 0 fully saturated rings. The number of phenolic OH excluding ortho intramolecular Hbond substituents is 2. The summed E-state index contributed by atoms with van der Waals surface area (Å²) in [5.41, 5.74) is 4.15. The van der Waals surface area contributed by atoms with Crippen molar-refractivity contribution >= 4 is 41.7 Å². The average molecular weight is 1070 g/mol. The topological polar surface area (TPSA) is 264 Å². The predicted molar refractivity (Wildman–Crippen MR) is 284 cm³/mol. The van der Waals surface area contributed by atoms with Crippen LogP contribution in [0.15, 0.2) is 58.7 Å². The molecule has 0 aliphatic carbocycles. The van der Waals surface area contributed by atoms with E-state index in [1.807, 2.05) is 41.5 Å². The van der Waals surface area contributed by atoms with Crippen molar-refractivity contribution in [2.45, 2.75) is 201 Å². The van der Waals surface area contributed by atoms with Crippen molar-refractivity contribution in [2.75, 3.05) is 6.54 Å². The monoisotopic (exact) mass is 1070 g/mol. The first kappa shape index (κ1) is 59.1. The molecule has 0 bridgehead atoms. The van der Waals surface area contributed by atoms with Crippen LogP contribution in [0.3, 0.4) is 0 Å². The summed E-state index contributed by atoms with van der Waals surface area (Å²) in [6, 6.07) is 1.26. The van der Waals surface area contributed by atoms with E-state index >= 15 is 0 Å². The molecule has 5 N–H and O–H groups in total. The summed E-state index contributed by atoms with van der Waals surface area (Å²) < 4.78 is 25.2. The van der Waals surface area contributed by atoms with Gasteiger partial charge in [-0.3, -0.25) is 28.8 Å². The summed E-state index contributed by atoms with van der Waals surface area (Å²) in [4.78, 5) is 92.5. The van der Waals surface area contributed by atoms with Gasteiger partial charge in [-0.15, -0.1) is 0 Å². The Morgan fingerprint density at radius 3 is 1.49 bits per heavy atom. The van der Waals surface area contributed by atoms with Gasteiger partial charge in [-0.1, -0.05) is 46.6 Å². The van der Waals surface area contributed by atoms with Crippen molar-refractivity contribution in [2.24, 2.45) is 0 Å². The molecular formula is C59H76N2O16. The number of fused-ring (bicyclic) bond motifs is 6. The van der Waals surface area contributed by atoms with Gasteiger partial charge < -0.3 is 54.3 Å². The zero-order chi connectivity index (χ0) is 56.5. The molecule has 0 radical (unpaired) electrons. The van der Waals surface area contributed by atoms with Crippen molar-refractivity contribution in [3.63, 3.8) is 0 Å². The largest absolute Gasteiger partial charge is 0.508 e. The van der Waals surface area contributed by atoms with Crippen LogP contribution in [0.2, 0.25) is 0 Å². The molecule has 0 spiro atoms. The first-order valence-corrected chi connectivity index (χ1v) is 26.7. The SMILES string of the molecule is CC(C)=CCC/C(C)=C/CC[C@@]1(C)Oc2c(c(O)cc3c2CN(CCC[C@@H](C(=O)O)N2Cc4c(cc(O)c5c4O[C@](C)(CC/C=C(\C)CCC=C(C)C)[C@@H](OC(=O)CCC(=O)O)C5)C2=O)C3=O)C[C@@H]1OC(=O)CCC(=O)O. The van der Waals surface area contributed by atoms with Crippen molar-refractivity contribution in [3.8, 4) is 23.0 Å². The van der Waals surface area contributed by atoms with E-state index in [0.717, 1.165) is 31.3 Å². The van der Waals surface area contributed by atoms with Crippen LogP contribution >= 0.6 is 0 Å². The van der Waals surface area contributed by atoms with Gasteiger partial charge in [0.05, 0.1) is 49.9 Å². The fourth-order valence-corrected chi connectivity index (χ4v) is 10.6. The lowest BCUT2D eigenvalue weighted by molar-refractivity contribution is -0.165. The first-order valence-electron chi connectivity index (χ1n) is 26.7. The normalized spacial score (nSPS) is 20.9. The Balaban J connectivity index is 1.18. The van der Waals surface area contributed by atoms with Crippen LogP contribution in [0.25, 0.3) is 0 Å². The van der Waals surface area contributed by atoms with Gasteiger partial charge in [0, 0.05) is 41.6 Å². The number of hydrogen-bond acceptors (Lipinski definition) is 13. The van der Waals surface area contributed by atoms with Gasteiger partial charge in [-0.2, -0.15) is 0 Å². The minimum atomic E-state index is -1.36. The van der Waals surface area contributed by atoms with E-state index in [-0.39, 0.29) is 92.1 Å². The van der Waals surface area contributed by atoms with Gasteiger partial charge in [0.15, 0.2) is 0 Å². The summed E-state index contributed by atoms with van der Waals surface area (Å²) in [5.74, 6) is -6.18. The number of carbonyl (C=O) groups excluding carboxylic acids is 4. The highest BCUT2D eigenvalue weighted by molar-refractivity contribution is 6.02. The molecule has 2 aromatic carbocycles. The molecule has 0 unspecified atom stereocenters. The molecule has 4 aliphatic rings. The van der Waals surface area contributed by atoms with Crippen LogP contribution < -0.4 is 9.47 Å². The standard InChI is InChI=1S/C59H76N2O16/c1-34(2)14-9-16-36(5)18-11-25-58(7)47(74-51(68)23-21-49(64)65)30-40-45(62)28-38-42(53(40)76-58)32-60(55(38)70)27-13-20-44(57(72)73)61-33-43-39(56(61)71)29-46(63)41-31-48(75-52(69)24-22-50(66)67)59(8,77-54(41)43)26-12-19-37(6)17-10-15-35(3)4/h14-15,18-19,28-29,44,47-48,62-63H,9-13,16-17,20-27,30-33H2,1-8H3,(H,64,65)(H,66,67)(H,72,73)/b36-18+,37-19+/t44-,47-,48-,58+,59+/m0/s1. The number of aromatic hydroxyl groups is 2. The van der Waals surface area contributed by atoms with Crippen molar-refractivity contribution in [3.05, 3.63) is 92.1 Å². The highest BCUT2D eigenvalue weighted by Crippen LogP contribution is 2.49. The van der Waals surface area contributed by atoms with Gasteiger partial charge in [-0.05, 0) is 132 Å². The zero-order valence-corrected chi connectivity index (χ0v) is 45.8. The average Bonchev–Trinajstić information content (AvgIpc) is 3.83. The molecule has 18 nitrogen and oxygen atoms in total. The van der Waals surface area contributed by atoms with Crippen LogP contribution in [0.4, 0.5) is 0 Å². The number of hydrogen-bond donors (Lipinski definition) is 5. The Labute approximate surface area is 450 Å². The van der Waals surface area contributed by atoms with Crippen LogP contribution in [-0.2, 0) is 59.4 Å². The number of phenols is 2. The third-order valence-corrected chi connectivity index (χ3v) is 15.1. The van der Waals surface area contributed by atoms with E-state index in [1.165, 1.54) is 38.7 Å². The maximum atomic E-state index is 14.2. The number of allylic oxidation sites excluding steroid dienone is 8. The number of ether oxygens (including phenoxy) is 4. The molecule has 5 atom stereocenters. The lowest BCUT2D eigenvalue weighted by Crippen LogP contribution is -2.51. The van der Waals surface area contributed by atoms with Crippen LogP contribution in [-0.4, -0.2) is 113 Å². The molecule has 4 aliphatic heterocycles. The Morgan fingerprint density at radius 2 is 1.06 bits per heavy atom. The quantitative estimate of drug-likeness (QED) is 0.0433. The van der Waals surface area contributed by atoms with Crippen LogP contribution in [0.5, 0.6) is 23.0 Å². The fraction of sp³-hybridized carbons (Fsp3) is 0.542. The van der Waals surface area contributed by atoms with Gasteiger partial charge in [0.25, 0.3) is 11.8 Å². The fourth-order valence-electron chi connectivity index (χ4n) is 10.6. The van der Waals surface area contributed by atoms with Crippen LogP contribution in [0, 0.1) is 0 Å². The van der Waals surface area contributed by atoms with Crippen molar-refractivity contribution in [1.82, 2.24) is 9.80 Å². The molecule has 4 heterocycles. The molecule has 77 heavy (non-hydrogen) atoms. The molecule has 18 heteroatoms. The van der Waals surface area contributed by atoms with Gasteiger partial charge in [0.2, 0.25) is 0 Å². The van der Waals surface area contributed by atoms with Gasteiger partial charge in [0.1, 0.15) is 52.4 Å². The van der Waals surface area contributed by atoms with E-state index < -0.39 is 84.0 Å². The van der Waals surface area contributed by atoms with Gasteiger partial charge >= 0.3 is 29.8 Å². The number of amides is 2. The molecule has 6 rings (SSSR count). The van der Waals surface area contributed by atoms with Gasteiger partial charge in [-0.25, -0.2) is 4.79 Å². The Morgan fingerprint density at radius 1 is 0.623 bits per heavy atom. The third-order valence-electron chi connectivity index (χ3n) is 15.1. The highest BCUT2D eigenvalue weighted by Gasteiger charge is 2.49. The Kier molecular flexibility index (Phi) is 19.5. The highest BCUT2D eigenvalue weighted by atomic mass is 16.6. The number of nitrogens with zero attached hydrogens (tertiary/aromatic N) is 2. The number of carboxylic acids is 3. The zero-order valence-electron chi connectivity index (χ0n) is 45.8. The van der Waals surface area contributed by atoms with Crippen molar-refractivity contribution < 1.29 is 78.0 Å². The molecule has 2 aromatic rings. The number of carboxylic acid groups (broad SMARTS) is 3. The lowest BCUT2D eigenvalue weighted by Gasteiger charge is -2.42. The summed E-state index contributed by atoms with van der Waals surface area (Å²) >= 11 is 0. The van der Waals surface area contributed by atoms with E-state index in [2.05, 4.69) is 24.3 Å². The number of rotatable bonds is 26. The van der Waals surface area contributed by atoms with E-state index in [0.29, 0.717) is 48.1 Å². The minimum Gasteiger partial charge on any atom is -0.508 e.